The number of guanidine groups is 1. The van der Waals surface area contributed by atoms with Crippen LogP contribution in [0.1, 0.15) is 12.0 Å². The Balaban J connectivity index is 1.92. The van der Waals surface area contributed by atoms with E-state index in [1.807, 2.05) is 6.07 Å². The zero-order chi connectivity index (χ0) is 10.7. The van der Waals surface area contributed by atoms with Gasteiger partial charge in [0, 0.05) is 25.2 Å². The Kier molecular flexibility index (Phi) is 3.72. The highest BCUT2D eigenvalue weighted by atomic mass is 35.5. The first-order valence-electron chi connectivity index (χ1n) is 4.71. The lowest BCUT2D eigenvalue weighted by Crippen LogP contribution is -2.40. The molecule has 0 saturated heterocycles. The number of nitrogens with zero attached hydrogens (tertiary/aromatic N) is 1. The molecule has 1 aromatic rings. The third kappa shape index (κ3) is 3.00. The van der Waals surface area contributed by atoms with Crippen molar-refractivity contribution in [1.82, 2.24) is 10.6 Å². The van der Waals surface area contributed by atoms with Crippen molar-refractivity contribution < 1.29 is 0 Å². The van der Waals surface area contributed by atoms with Gasteiger partial charge in [-0.15, -0.1) is 11.3 Å². The van der Waals surface area contributed by atoms with Gasteiger partial charge in [-0.2, -0.15) is 0 Å². The van der Waals surface area contributed by atoms with Crippen LogP contribution >= 0.6 is 34.5 Å². The van der Waals surface area contributed by atoms with Gasteiger partial charge in [0.05, 0.1) is 8.67 Å². The lowest BCUT2D eigenvalue weighted by Gasteiger charge is -2.15. The molecule has 2 N–H and O–H groups in total. The van der Waals surface area contributed by atoms with Crippen LogP contribution in [0.2, 0.25) is 8.67 Å². The lowest BCUT2D eigenvalue weighted by molar-refractivity contribution is 0.702. The highest BCUT2D eigenvalue weighted by molar-refractivity contribution is 7.20. The minimum atomic E-state index is 0.661. The fourth-order valence-electron chi connectivity index (χ4n) is 1.32. The lowest BCUT2D eigenvalue weighted by atomic mass is 10.3. The van der Waals surface area contributed by atoms with E-state index >= 15 is 0 Å². The van der Waals surface area contributed by atoms with Crippen LogP contribution in [-0.2, 0) is 6.54 Å². The van der Waals surface area contributed by atoms with E-state index in [9.17, 15) is 0 Å². The van der Waals surface area contributed by atoms with Crippen molar-refractivity contribution in [2.24, 2.45) is 4.99 Å². The molecule has 15 heavy (non-hydrogen) atoms. The number of thiophene rings is 1. The van der Waals surface area contributed by atoms with Crippen LogP contribution in [0.5, 0.6) is 0 Å². The van der Waals surface area contributed by atoms with Crippen molar-refractivity contribution in [3.05, 3.63) is 20.3 Å². The fraction of sp³-hybridized carbons (Fsp3) is 0.444. The van der Waals surface area contributed by atoms with Crippen molar-refractivity contribution in [2.75, 3.05) is 13.1 Å². The molecule has 2 heterocycles. The largest absolute Gasteiger partial charge is 0.356 e. The van der Waals surface area contributed by atoms with Gasteiger partial charge in [-0.1, -0.05) is 23.2 Å². The maximum atomic E-state index is 6.00. The van der Waals surface area contributed by atoms with Crippen molar-refractivity contribution in [1.29, 1.82) is 0 Å². The Morgan fingerprint density at radius 1 is 1.53 bits per heavy atom. The fourth-order valence-corrected chi connectivity index (χ4v) is 2.81. The van der Waals surface area contributed by atoms with Gasteiger partial charge >= 0.3 is 0 Å². The summed E-state index contributed by atoms with van der Waals surface area (Å²) < 4.78 is 1.46. The monoisotopic (exact) mass is 263 g/mol. The van der Waals surface area contributed by atoms with Gasteiger partial charge in [-0.25, -0.2) is 0 Å². The molecule has 0 unspecified atom stereocenters. The Hall–Kier alpha value is -0.450. The first-order chi connectivity index (χ1) is 7.25. The molecular weight excluding hydrogens is 253 g/mol. The second kappa shape index (κ2) is 5.05. The van der Waals surface area contributed by atoms with Gasteiger partial charge in [0.25, 0.3) is 0 Å². The van der Waals surface area contributed by atoms with E-state index in [-0.39, 0.29) is 0 Å². The SMILES string of the molecule is Clc1cc(CNC2=NCCCN2)c(Cl)s1. The molecule has 1 aliphatic heterocycles. The van der Waals surface area contributed by atoms with E-state index in [0.717, 1.165) is 39.7 Å². The summed E-state index contributed by atoms with van der Waals surface area (Å²) in [6.07, 6.45) is 1.09. The predicted octanol–water partition coefficient (Wildman–Crippen LogP) is 2.49. The van der Waals surface area contributed by atoms with E-state index in [4.69, 9.17) is 23.2 Å². The van der Waals surface area contributed by atoms with Gasteiger partial charge in [-0.3, -0.25) is 4.99 Å². The van der Waals surface area contributed by atoms with Crippen molar-refractivity contribution >= 4 is 40.5 Å². The Morgan fingerprint density at radius 2 is 2.40 bits per heavy atom. The maximum Gasteiger partial charge on any atom is 0.191 e. The Morgan fingerprint density at radius 3 is 3.00 bits per heavy atom. The first-order valence-corrected chi connectivity index (χ1v) is 6.29. The molecule has 0 saturated carbocycles. The molecule has 0 aromatic carbocycles. The number of halogens is 2. The average molecular weight is 264 g/mol. The summed E-state index contributed by atoms with van der Waals surface area (Å²) in [6.45, 7) is 2.52. The second-order valence-corrected chi connectivity index (χ2v) is 5.50. The minimum Gasteiger partial charge on any atom is -0.356 e. The highest BCUT2D eigenvalue weighted by Gasteiger charge is 2.07. The van der Waals surface area contributed by atoms with Crippen LogP contribution < -0.4 is 10.6 Å². The second-order valence-electron chi connectivity index (χ2n) is 3.21. The Bertz CT molecular complexity index is 375. The molecule has 0 amide bonds. The molecule has 3 nitrogen and oxygen atoms in total. The highest BCUT2D eigenvalue weighted by Crippen LogP contribution is 2.30. The Labute approximate surface area is 102 Å². The van der Waals surface area contributed by atoms with Crippen molar-refractivity contribution in [2.45, 2.75) is 13.0 Å². The van der Waals surface area contributed by atoms with E-state index in [1.165, 1.54) is 11.3 Å². The molecule has 0 radical (unpaired) electrons. The van der Waals surface area contributed by atoms with Gasteiger partial charge < -0.3 is 10.6 Å². The number of aliphatic imine (C=N–C) groups is 1. The van der Waals surface area contributed by atoms with Crippen LogP contribution in [0, 0.1) is 0 Å². The van der Waals surface area contributed by atoms with E-state index in [0.29, 0.717) is 6.54 Å². The summed E-state index contributed by atoms with van der Waals surface area (Å²) in [6, 6.07) is 1.88. The molecule has 0 fully saturated rings. The minimum absolute atomic E-state index is 0.661. The zero-order valence-electron chi connectivity index (χ0n) is 8.02. The van der Waals surface area contributed by atoms with Gasteiger partial charge in [0.1, 0.15) is 0 Å². The van der Waals surface area contributed by atoms with Crippen LogP contribution in [0.4, 0.5) is 0 Å². The third-order valence-corrected chi connectivity index (χ3v) is 3.64. The van der Waals surface area contributed by atoms with Crippen LogP contribution in [-0.4, -0.2) is 19.0 Å². The summed E-state index contributed by atoms with van der Waals surface area (Å²) in [5, 5.41) is 6.38. The summed E-state index contributed by atoms with van der Waals surface area (Å²) in [7, 11) is 0. The molecule has 0 aliphatic carbocycles. The van der Waals surface area contributed by atoms with Gasteiger partial charge in [0.15, 0.2) is 5.96 Å². The van der Waals surface area contributed by atoms with E-state index < -0.39 is 0 Å². The predicted molar refractivity (Wildman–Crippen MR) is 66.1 cm³/mol. The quantitative estimate of drug-likeness (QED) is 0.861. The summed E-state index contributed by atoms with van der Waals surface area (Å²) in [4.78, 5) is 4.30. The smallest absolute Gasteiger partial charge is 0.191 e. The number of hydrogen-bond donors (Lipinski definition) is 2. The molecule has 0 spiro atoms. The van der Waals surface area contributed by atoms with E-state index in [2.05, 4.69) is 15.6 Å². The zero-order valence-corrected chi connectivity index (χ0v) is 10.3. The van der Waals surface area contributed by atoms with Crippen LogP contribution in [0.25, 0.3) is 0 Å². The first kappa shape index (κ1) is 11.0. The molecule has 0 bridgehead atoms. The van der Waals surface area contributed by atoms with Gasteiger partial charge in [0.2, 0.25) is 0 Å². The maximum absolute atomic E-state index is 6.00. The molecule has 6 heteroatoms. The van der Waals surface area contributed by atoms with Crippen LogP contribution in [0.3, 0.4) is 0 Å². The number of nitrogens with one attached hydrogen (secondary N) is 2. The number of hydrogen-bond acceptors (Lipinski definition) is 4. The average Bonchev–Trinajstić information content (AvgIpc) is 2.56. The van der Waals surface area contributed by atoms with Gasteiger partial charge in [-0.05, 0) is 12.5 Å². The van der Waals surface area contributed by atoms with Crippen molar-refractivity contribution in [3.8, 4) is 0 Å². The number of rotatable bonds is 2. The normalized spacial score (nSPS) is 15.7. The molecule has 82 valence electrons. The third-order valence-electron chi connectivity index (χ3n) is 2.07. The summed E-state index contributed by atoms with van der Waals surface area (Å²) in [5.41, 5.74) is 1.02. The molecule has 0 atom stereocenters. The summed E-state index contributed by atoms with van der Waals surface area (Å²) >= 11 is 13.2. The van der Waals surface area contributed by atoms with Crippen molar-refractivity contribution in [3.63, 3.8) is 0 Å². The molecular formula is C9H11Cl2N3S. The summed E-state index contributed by atoms with van der Waals surface area (Å²) in [5.74, 6) is 0.847. The molecule has 2 rings (SSSR count). The molecule has 1 aromatic heterocycles. The molecule has 1 aliphatic rings. The standard InChI is InChI=1S/C9H11Cl2N3S/c10-7-4-6(8(11)15-7)5-14-9-12-2-1-3-13-9/h4H,1-3,5H2,(H2,12,13,14). The van der Waals surface area contributed by atoms with E-state index in [1.54, 1.807) is 0 Å². The topological polar surface area (TPSA) is 36.4 Å². The van der Waals surface area contributed by atoms with Crippen LogP contribution in [0.15, 0.2) is 11.1 Å².